The van der Waals surface area contributed by atoms with Crippen molar-refractivity contribution in [3.63, 3.8) is 0 Å². The number of pyridine rings is 3. The Bertz CT molecular complexity index is 1460. The summed E-state index contributed by atoms with van der Waals surface area (Å²) in [5.74, 6) is -4.14. The highest BCUT2D eigenvalue weighted by molar-refractivity contribution is 5.98. The highest BCUT2D eigenvalue weighted by Gasteiger charge is 2.40. The number of hydrogen-bond acceptors (Lipinski definition) is 6. The number of nitrogens with zero attached hydrogens (tertiary/aromatic N) is 5. The standard InChI is InChI=1S/C23H21F5N6O4/c1-2-16(23(26,27)28)30-21(37)14-11-34(20-15(25)9-12(24)10-29-20)19-13(18(14)36)3-4-17(31-19)33-6-5-32(7-8-35)22(33)38/h3-4,9-11,16,35H,2,5-8H2,1H3,(H,30,37)/t16-/m0/s1. The number of aliphatic hydroxyl groups is 1. The van der Waals surface area contributed by atoms with Crippen LogP contribution in [0, 0.1) is 11.6 Å². The van der Waals surface area contributed by atoms with E-state index in [1.165, 1.54) is 28.9 Å². The van der Waals surface area contributed by atoms with Crippen LogP contribution >= 0.6 is 0 Å². The molecule has 1 saturated heterocycles. The molecule has 202 valence electrons. The zero-order valence-corrected chi connectivity index (χ0v) is 19.8. The minimum absolute atomic E-state index is 0.0407. The number of β-amino-alcohol motifs (C(OH)–C–C–N with tert-alkyl or cyclic N) is 1. The maximum atomic E-state index is 14.7. The van der Waals surface area contributed by atoms with Crippen molar-refractivity contribution in [3.8, 4) is 5.82 Å². The maximum absolute atomic E-state index is 14.7. The second-order valence-corrected chi connectivity index (χ2v) is 8.36. The number of nitrogens with one attached hydrogen (secondary N) is 1. The fourth-order valence-electron chi connectivity index (χ4n) is 4.03. The molecule has 1 fully saturated rings. The van der Waals surface area contributed by atoms with E-state index in [4.69, 9.17) is 5.11 Å². The van der Waals surface area contributed by atoms with Gasteiger partial charge in [0.05, 0.1) is 18.2 Å². The van der Waals surface area contributed by atoms with Crippen LogP contribution in [0.4, 0.5) is 32.6 Å². The average molecular weight is 540 g/mol. The van der Waals surface area contributed by atoms with E-state index in [2.05, 4.69) is 9.97 Å². The third-order valence-electron chi connectivity index (χ3n) is 5.95. The Kier molecular flexibility index (Phi) is 7.31. The monoisotopic (exact) mass is 540 g/mol. The van der Waals surface area contributed by atoms with Crippen LogP contribution in [0.5, 0.6) is 0 Å². The summed E-state index contributed by atoms with van der Waals surface area (Å²) >= 11 is 0. The molecule has 1 aliphatic heterocycles. The van der Waals surface area contributed by atoms with Crippen molar-refractivity contribution < 1.29 is 36.6 Å². The van der Waals surface area contributed by atoms with Crippen LogP contribution in [0.2, 0.25) is 0 Å². The molecule has 0 aliphatic carbocycles. The molecule has 4 heterocycles. The minimum atomic E-state index is -4.78. The first-order valence-electron chi connectivity index (χ1n) is 11.4. The summed E-state index contributed by atoms with van der Waals surface area (Å²) in [5.41, 5.74) is -2.04. The first-order valence-corrected chi connectivity index (χ1v) is 11.4. The molecule has 3 amide bonds. The summed E-state index contributed by atoms with van der Waals surface area (Å²) in [6.45, 7) is 1.46. The molecule has 3 aromatic rings. The molecule has 10 nitrogen and oxygen atoms in total. The number of alkyl halides is 3. The van der Waals surface area contributed by atoms with E-state index in [0.29, 0.717) is 12.3 Å². The smallest absolute Gasteiger partial charge is 0.395 e. The highest BCUT2D eigenvalue weighted by Crippen LogP contribution is 2.25. The lowest BCUT2D eigenvalue weighted by Crippen LogP contribution is -2.46. The topological polar surface area (TPSA) is 121 Å². The normalized spacial score (nSPS) is 14.9. The van der Waals surface area contributed by atoms with E-state index in [9.17, 15) is 36.3 Å². The van der Waals surface area contributed by atoms with Crippen molar-refractivity contribution >= 4 is 28.8 Å². The Morgan fingerprint density at radius 1 is 1.21 bits per heavy atom. The van der Waals surface area contributed by atoms with Gasteiger partial charge in [-0.3, -0.25) is 19.1 Å². The molecule has 38 heavy (non-hydrogen) atoms. The summed E-state index contributed by atoms with van der Waals surface area (Å²) in [4.78, 5) is 49.2. The van der Waals surface area contributed by atoms with Crippen LogP contribution in [0.1, 0.15) is 23.7 Å². The van der Waals surface area contributed by atoms with E-state index >= 15 is 0 Å². The fraction of sp³-hybridized carbons (Fsp3) is 0.348. The van der Waals surface area contributed by atoms with Crippen molar-refractivity contribution in [1.29, 1.82) is 0 Å². The van der Waals surface area contributed by atoms with Crippen molar-refractivity contribution in [3.05, 3.63) is 58.0 Å². The highest BCUT2D eigenvalue weighted by atomic mass is 19.4. The van der Waals surface area contributed by atoms with E-state index < -0.39 is 59.0 Å². The van der Waals surface area contributed by atoms with Crippen LogP contribution < -0.4 is 15.6 Å². The summed E-state index contributed by atoms with van der Waals surface area (Å²) in [5, 5.41) is 10.6. The predicted octanol–water partition coefficient (Wildman–Crippen LogP) is 2.36. The zero-order chi connectivity index (χ0) is 27.8. The number of urea groups is 1. The van der Waals surface area contributed by atoms with Gasteiger partial charge in [-0.1, -0.05) is 6.92 Å². The first kappa shape index (κ1) is 26.9. The van der Waals surface area contributed by atoms with E-state index in [1.54, 1.807) is 5.32 Å². The van der Waals surface area contributed by atoms with Gasteiger partial charge in [0.1, 0.15) is 23.2 Å². The van der Waals surface area contributed by atoms with Gasteiger partial charge in [0.2, 0.25) is 5.43 Å². The minimum Gasteiger partial charge on any atom is -0.395 e. The van der Waals surface area contributed by atoms with Gasteiger partial charge in [-0.05, 0) is 18.6 Å². The molecule has 4 rings (SSSR count). The third kappa shape index (κ3) is 5.01. The van der Waals surface area contributed by atoms with Crippen molar-refractivity contribution in [2.24, 2.45) is 0 Å². The number of aliphatic hydroxyl groups excluding tert-OH is 1. The lowest BCUT2D eigenvalue weighted by Gasteiger charge is -2.21. The number of amides is 3. The van der Waals surface area contributed by atoms with Crippen LogP contribution in [0.25, 0.3) is 16.9 Å². The lowest BCUT2D eigenvalue weighted by atomic mass is 10.1. The number of anilines is 1. The quantitative estimate of drug-likeness (QED) is 0.444. The molecular formula is C23H21F5N6O4. The first-order chi connectivity index (χ1) is 18.0. The Morgan fingerprint density at radius 3 is 2.58 bits per heavy atom. The number of carbonyl (C=O) groups excluding carboxylic acids is 2. The van der Waals surface area contributed by atoms with E-state index in [1.807, 2.05) is 0 Å². The van der Waals surface area contributed by atoms with Crippen molar-refractivity contribution in [2.45, 2.75) is 25.6 Å². The summed E-state index contributed by atoms with van der Waals surface area (Å²) in [6, 6.07) is 0.235. The number of fused-ring (bicyclic) bond motifs is 1. The largest absolute Gasteiger partial charge is 0.408 e. The van der Waals surface area contributed by atoms with Gasteiger partial charge in [-0.15, -0.1) is 0 Å². The summed E-state index contributed by atoms with van der Waals surface area (Å²) in [6.07, 6.45) is -3.85. The Labute approximate surface area is 211 Å². The number of halogens is 5. The van der Waals surface area contributed by atoms with Crippen molar-refractivity contribution in [1.82, 2.24) is 24.8 Å². The van der Waals surface area contributed by atoms with Crippen LogP contribution in [0.15, 0.2) is 35.4 Å². The van der Waals surface area contributed by atoms with Gasteiger partial charge < -0.3 is 15.3 Å². The molecule has 1 aliphatic rings. The Hall–Kier alpha value is -4.14. The van der Waals surface area contributed by atoms with Gasteiger partial charge in [-0.25, -0.2) is 23.5 Å². The average Bonchev–Trinajstić information content (AvgIpc) is 3.22. The van der Waals surface area contributed by atoms with E-state index in [-0.39, 0.29) is 43.1 Å². The van der Waals surface area contributed by atoms with E-state index in [0.717, 1.165) is 10.8 Å². The number of carbonyl (C=O) groups is 2. The molecular weight excluding hydrogens is 519 g/mol. The number of rotatable bonds is 7. The molecule has 15 heteroatoms. The second-order valence-electron chi connectivity index (χ2n) is 8.36. The van der Waals surface area contributed by atoms with Gasteiger partial charge in [0.25, 0.3) is 5.91 Å². The molecule has 0 saturated carbocycles. The fourth-order valence-corrected chi connectivity index (χ4v) is 4.03. The SMILES string of the molecule is CC[C@H](NC(=O)c1cn(-c2ncc(F)cc2F)c2nc(N3CCN(CCO)C3=O)ccc2c1=O)C(F)(F)F. The maximum Gasteiger partial charge on any atom is 0.408 e. The summed E-state index contributed by atoms with van der Waals surface area (Å²) < 4.78 is 68.8. The van der Waals surface area contributed by atoms with Gasteiger partial charge in [0.15, 0.2) is 17.3 Å². The molecule has 0 unspecified atom stereocenters. The van der Waals surface area contributed by atoms with Crippen molar-refractivity contribution in [2.75, 3.05) is 31.1 Å². The molecule has 0 aromatic carbocycles. The molecule has 0 bridgehead atoms. The molecule has 0 spiro atoms. The number of aromatic nitrogens is 3. The second kappa shape index (κ2) is 10.3. The molecule has 2 N–H and O–H groups in total. The molecule has 0 radical (unpaired) electrons. The number of hydrogen-bond donors (Lipinski definition) is 2. The third-order valence-corrected chi connectivity index (χ3v) is 5.95. The molecule has 1 atom stereocenters. The van der Waals surface area contributed by atoms with Gasteiger partial charge in [0, 0.05) is 31.9 Å². The van der Waals surface area contributed by atoms with Crippen LogP contribution in [-0.2, 0) is 0 Å². The Morgan fingerprint density at radius 2 is 1.95 bits per heavy atom. The predicted molar refractivity (Wildman–Crippen MR) is 124 cm³/mol. The Balaban J connectivity index is 1.89. The lowest BCUT2D eigenvalue weighted by molar-refractivity contribution is -0.153. The van der Waals surface area contributed by atoms with Gasteiger partial charge >= 0.3 is 12.2 Å². The van der Waals surface area contributed by atoms with Gasteiger partial charge in [-0.2, -0.15) is 13.2 Å². The van der Waals surface area contributed by atoms with Crippen LogP contribution in [-0.4, -0.2) is 74.9 Å². The zero-order valence-electron chi connectivity index (χ0n) is 19.8. The summed E-state index contributed by atoms with van der Waals surface area (Å²) in [7, 11) is 0. The van der Waals surface area contributed by atoms with Crippen LogP contribution in [0.3, 0.4) is 0 Å². The molecule has 3 aromatic heterocycles.